The van der Waals surface area contributed by atoms with Gasteiger partial charge in [0.1, 0.15) is 5.76 Å². The number of benzene rings is 2. The van der Waals surface area contributed by atoms with Crippen molar-refractivity contribution in [3.05, 3.63) is 77.0 Å². The minimum Gasteiger partial charge on any atom is -0.458 e. The molecule has 0 aliphatic carbocycles. The lowest BCUT2D eigenvalue weighted by molar-refractivity contribution is 0.0708. The summed E-state index contributed by atoms with van der Waals surface area (Å²) >= 11 is 0. The van der Waals surface area contributed by atoms with Gasteiger partial charge in [-0.2, -0.15) is 0 Å². The first-order valence-corrected chi connectivity index (χ1v) is 11.4. The molecule has 3 aliphatic heterocycles. The lowest BCUT2D eigenvalue weighted by atomic mass is 10.1. The van der Waals surface area contributed by atoms with Crippen LogP contribution in [0, 0.1) is 0 Å². The average molecular weight is 419 g/mol. The summed E-state index contributed by atoms with van der Waals surface area (Å²) in [7, 11) is 0. The second kappa shape index (κ2) is 9.15. The number of carbonyl (C=O) groups is 1. The van der Waals surface area contributed by atoms with Crippen LogP contribution in [0.3, 0.4) is 0 Å². The molecule has 0 N–H and O–H groups in total. The predicted octanol–water partition coefficient (Wildman–Crippen LogP) is 4.30. The number of allylic oxidation sites excluding steroid dienone is 1. The van der Waals surface area contributed by atoms with Crippen molar-refractivity contribution in [2.45, 2.75) is 38.1 Å². The van der Waals surface area contributed by atoms with Crippen LogP contribution in [0.2, 0.25) is 0 Å². The summed E-state index contributed by atoms with van der Waals surface area (Å²) < 4.78 is 11.5. The lowest BCUT2D eigenvalue weighted by Gasteiger charge is -2.28. The molecule has 5 heteroatoms. The molecule has 0 spiro atoms. The highest BCUT2D eigenvalue weighted by Crippen LogP contribution is 2.30. The Bertz CT molecular complexity index is 933. The molecule has 3 aliphatic rings. The summed E-state index contributed by atoms with van der Waals surface area (Å²) in [4.78, 5) is 17.8. The molecular formula is C26H30N2O3. The summed E-state index contributed by atoms with van der Waals surface area (Å²) in [5, 5.41) is 0. The van der Waals surface area contributed by atoms with E-state index in [1.165, 1.54) is 31.5 Å². The molecule has 1 unspecified atom stereocenters. The minimum absolute atomic E-state index is 0.148. The van der Waals surface area contributed by atoms with E-state index in [1.54, 1.807) is 0 Å². The van der Waals surface area contributed by atoms with Crippen LogP contribution in [-0.2, 0) is 15.9 Å². The van der Waals surface area contributed by atoms with E-state index in [-0.39, 0.29) is 12.7 Å². The molecule has 31 heavy (non-hydrogen) atoms. The highest BCUT2D eigenvalue weighted by atomic mass is 16.7. The van der Waals surface area contributed by atoms with Gasteiger partial charge < -0.3 is 19.3 Å². The summed E-state index contributed by atoms with van der Waals surface area (Å²) in [5.41, 5.74) is 2.89. The zero-order chi connectivity index (χ0) is 21.0. The Morgan fingerprint density at radius 1 is 0.903 bits per heavy atom. The van der Waals surface area contributed by atoms with Gasteiger partial charge in [0, 0.05) is 36.7 Å². The van der Waals surface area contributed by atoms with E-state index in [0.29, 0.717) is 12.5 Å². The Balaban J connectivity index is 1.29. The zero-order valence-corrected chi connectivity index (χ0v) is 18.0. The Hall–Kier alpha value is -2.79. The summed E-state index contributed by atoms with van der Waals surface area (Å²) in [5.74, 6) is 1.77. The second-order valence-electron chi connectivity index (χ2n) is 8.70. The third kappa shape index (κ3) is 4.47. The van der Waals surface area contributed by atoms with Crippen molar-refractivity contribution in [3.8, 4) is 0 Å². The van der Waals surface area contributed by atoms with Crippen molar-refractivity contribution in [2.24, 2.45) is 0 Å². The van der Waals surface area contributed by atoms with Crippen molar-refractivity contribution >= 4 is 11.7 Å². The smallest absolute Gasteiger partial charge is 0.254 e. The van der Waals surface area contributed by atoms with Gasteiger partial charge in [-0.3, -0.25) is 4.79 Å². The zero-order valence-electron chi connectivity index (χ0n) is 18.0. The van der Waals surface area contributed by atoms with E-state index in [4.69, 9.17) is 9.47 Å². The quantitative estimate of drug-likeness (QED) is 0.701. The van der Waals surface area contributed by atoms with Gasteiger partial charge in [0.2, 0.25) is 6.79 Å². The monoisotopic (exact) mass is 418 g/mol. The Morgan fingerprint density at radius 2 is 1.68 bits per heavy atom. The number of rotatable bonds is 6. The van der Waals surface area contributed by atoms with E-state index >= 15 is 0 Å². The van der Waals surface area contributed by atoms with Gasteiger partial charge in [0.25, 0.3) is 5.91 Å². The van der Waals surface area contributed by atoms with Crippen molar-refractivity contribution in [2.75, 3.05) is 33.0 Å². The van der Waals surface area contributed by atoms with Crippen LogP contribution in [0.15, 0.2) is 60.4 Å². The van der Waals surface area contributed by atoms with Gasteiger partial charge in [-0.15, -0.1) is 0 Å². The average Bonchev–Trinajstić information content (AvgIpc) is 3.57. The number of hydrogen-bond donors (Lipinski definition) is 0. The highest BCUT2D eigenvalue weighted by Gasteiger charge is 2.31. The molecule has 2 saturated heterocycles. The van der Waals surface area contributed by atoms with Crippen molar-refractivity contribution in [3.63, 3.8) is 0 Å². The molecular weight excluding hydrogens is 388 g/mol. The van der Waals surface area contributed by atoms with E-state index in [2.05, 4.69) is 21.9 Å². The summed E-state index contributed by atoms with van der Waals surface area (Å²) in [6.07, 6.45) is 5.49. The molecule has 1 atom stereocenters. The normalized spacial score (nSPS) is 21.4. The van der Waals surface area contributed by atoms with Gasteiger partial charge in [-0.1, -0.05) is 42.5 Å². The van der Waals surface area contributed by atoms with Crippen LogP contribution in [0.25, 0.3) is 5.76 Å². The van der Waals surface area contributed by atoms with E-state index in [1.807, 2.05) is 42.5 Å². The third-order valence-electron chi connectivity index (χ3n) is 6.60. The molecule has 0 saturated carbocycles. The molecule has 2 aromatic carbocycles. The fourth-order valence-electron chi connectivity index (χ4n) is 4.95. The van der Waals surface area contributed by atoms with Crippen molar-refractivity contribution in [1.82, 2.24) is 9.80 Å². The van der Waals surface area contributed by atoms with Crippen molar-refractivity contribution < 1.29 is 14.3 Å². The minimum atomic E-state index is 0.148. The van der Waals surface area contributed by atoms with Crippen LogP contribution in [0.4, 0.5) is 0 Å². The molecule has 5 nitrogen and oxygen atoms in total. The SMILES string of the molecule is O=C(c1ccc(C2=C(Cc3ccccc3)OCO2)cc1)N1CCCC1CN1CCCC1. The standard InChI is InChI=1S/C26H30N2O3/c29-26(28-16-6-9-23(28)18-27-14-4-5-15-27)22-12-10-21(11-13-22)25-24(30-19-31-25)17-20-7-2-1-3-8-20/h1-3,7-8,10-13,23H,4-6,9,14-19H2. The maximum atomic E-state index is 13.2. The first-order valence-electron chi connectivity index (χ1n) is 11.4. The number of ether oxygens (including phenoxy) is 2. The lowest BCUT2D eigenvalue weighted by Crippen LogP contribution is -2.42. The molecule has 2 fully saturated rings. The van der Waals surface area contributed by atoms with Crippen LogP contribution in [0.5, 0.6) is 0 Å². The predicted molar refractivity (Wildman–Crippen MR) is 120 cm³/mol. The van der Waals surface area contributed by atoms with E-state index in [0.717, 1.165) is 48.6 Å². The molecule has 1 amide bonds. The molecule has 5 rings (SSSR count). The molecule has 0 aromatic heterocycles. The maximum Gasteiger partial charge on any atom is 0.254 e. The Labute approximate surface area is 184 Å². The van der Waals surface area contributed by atoms with Gasteiger partial charge in [0.15, 0.2) is 5.76 Å². The number of hydrogen-bond acceptors (Lipinski definition) is 4. The fourth-order valence-corrected chi connectivity index (χ4v) is 4.95. The maximum absolute atomic E-state index is 13.2. The number of likely N-dealkylation sites (tertiary alicyclic amines) is 2. The van der Waals surface area contributed by atoms with Crippen LogP contribution < -0.4 is 0 Å². The molecule has 2 aromatic rings. The topological polar surface area (TPSA) is 42.0 Å². The van der Waals surface area contributed by atoms with Crippen LogP contribution >= 0.6 is 0 Å². The fraction of sp³-hybridized carbons (Fsp3) is 0.423. The van der Waals surface area contributed by atoms with E-state index < -0.39 is 0 Å². The third-order valence-corrected chi connectivity index (χ3v) is 6.60. The number of nitrogens with zero attached hydrogens (tertiary/aromatic N) is 2. The van der Waals surface area contributed by atoms with Gasteiger partial charge in [-0.25, -0.2) is 0 Å². The molecule has 3 heterocycles. The van der Waals surface area contributed by atoms with Gasteiger partial charge in [-0.05, 0) is 56.5 Å². The van der Waals surface area contributed by atoms with Crippen LogP contribution in [-0.4, -0.2) is 54.7 Å². The first kappa shape index (κ1) is 20.1. The molecule has 0 bridgehead atoms. The first-order chi connectivity index (χ1) is 15.3. The molecule has 0 radical (unpaired) electrons. The molecule has 162 valence electrons. The summed E-state index contributed by atoms with van der Waals surface area (Å²) in [6, 6.07) is 18.4. The van der Waals surface area contributed by atoms with Crippen LogP contribution in [0.1, 0.15) is 47.2 Å². The highest BCUT2D eigenvalue weighted by molar-refractivity contribution is 5.95. The second-order valence-corrected chi connectivity index (χ2v) is 8.70. The largest absolute Gasteiger partial charge is 0.458 e. The Kier molecular flexibility index (Phi) is 5.94. The van der Waals surface area contributed by atoms with Gasteiger partial charge >= 0.3 is 0 Å². The van der Waals surface area contributed by atoms with E-state index in [9.17, 15) is 4.79 Å². The Morgan fingerprint density at radius 3 is 2.45 bits per heavy atom. The van der Waals surface area contributed by atoms with Crippen molar-refractivity contribution in [1.29, 1.82) is 0 Å². The number of carbonyl (C=O) groups excluding carboxylic acids is 1. The summed E-state index contributed by atoms with van der Waals surface area (Å²) in [6.45, 7) is 4.47. The van der Waals surface area contributed by atoms with Gasteiger partial charge in [0.05, 0.1) is 0 Å². The number of amides is 1.